The van der Waals surface area contributed by atoms with Crippen LogP contribution in [0.25, 0.3) is 0 Å². The van der Waals surface area contributed by atoms with Crippen LogP contribution in [0.5, 0.6) is 0 Å². The molecule has 4 nitrogen and oxygen atoms in total. The van der Waals surface area contributed by atoms with Crippen molar-refractivity contribution in [3.63, 3.8) is 0 Å². The zero-order chi connectivity index (χ0) is 11.8. The highest BCUT2D eigenvalue weighted by Gasteiger charge is 2.38. The van der Waals surface area contributed by atoms with E-state index < -0.39 is 0 Å². The Balaban J connectivity index is 1.99. The van der Waals surface area contributed by atoms with Crippen LogP contribution in [-0.2, 0) is 9.59 Å². The maximum absolute atomic E-state index is 11.9. The summed E-state index contributed by atoms with van der Waals surface area (Å²) in [6.07, 6.45) is 3.20. The van der Waals surface area contributed by atoms with E-state index in [4.69, 9.17) is 0 Å². The molecule has 16 heavy (non-hydrogen) atoms. The molecule has 2 aliphatic heterocycles. The number of rotatable bonds is 2. The van der Waals surface area contributed by atoms with Crippen molar-refractivity contribution in [2.24, 2.45) is 5.41 Å². The fourth-order valence-electron chi connectivity index (χ4n) is 2.55. The van der Waals surface area contributed by atoms with Gasteiger partial charge >= 0.3 is 0 Å². The first-order valence-electron chi connectivity index (χ1n) is 6.04. The molecule has 0 radical (unpaired) electrons. The Labute approximate surface area is 96.4 Å². The second-order valence-corrected chi connectivity index (χ2v) is 5.71. The van der Waals surface area contributed by atoms with E-state index in [1.165, 1.54) is 4.90 Å². The molecule has 90 valence electrons. The van der Waals surface area contributed by atoms with Gasteiger partial charge in [-0.25, -0.2) is 0 Å². The summed E-state index contributed by atoms with van der Waals surface area (Å²) in [5.41, 5.74) is -0.159. The average Bonchev–Trinajstić information content (AvgIpc) is 2.62. The molecule has 2 saturated heterocycles. The van der Waals surface area contributed by atoms with Crippen LogP contribution in [-0.4, -0.2) is 35.8 Å². The van der Waals surface area contributed by atoms with Crippen LogP contribution in [0.15, 0.2) is 0 Å². The van der Waals surface area contributed by atoms with Crippen LogP contribution in [0, 0.1) is 5.41 Å². The SMILES string of the molecule is CC1(C)CC(=O)N(C[C@H]2CCCN2)C(=O)C1. The van der Waals surface area contributed by atoms with Crippen molar-refractivity contribution in [2.45, 2.75) is 45.6 Å². The number of carbonyl (C=O) groups is 2. The minimum absolute atomic E-state index is 0.00468. The lowest BCUT2D eigenvalue weighted by molar-refractivity contribution is -0.152. The number of nitrogens with zero attached hydrogens (tertiary/aromatic N) is 1. The third kappa shape index (κ3) is 2.43. The lowest BCUT2D eigenvalue weighted by atomic mass is 9.81. The van der Waals surface area contributed by atoms with Gasteiger partial charge in [0.1, 0.15) is 0 Å². The molecule has 0 aromatic carbocycles. The Bertz CT molecular complexity index is 286. The van der Waals surface area contributed by atoms with Gasteiger partial charge < -0.3 is 5.32 Å². The Morgan fingerprint density at radius 2 is 1.94 bits per heavy atom. The quantitative estimate of drug-likeness (QED) is 0.709. The lowest BCUT2D eigenvalue weighted by Gasteiger charge is -2.35. The van der Waals surface area contributed by atoms with E-state index in [1.807, 2.05) is 13.8 Å². The summed E-state index contributed by atoms with van der Waals surface area (Å²) >= 11 is 0. The van der Waals surface area contributed by atoms with E-state index in [0.29, 0.717) is 25.4 Å². The molecule has 1 atom stereocenters. The molecule has 1 N–H and O–H groups in total. The van der Waals surface area contributed by atoms with Gasteiger partial charge in [-0.05, 0) is 24.8 Å². The molecule has 2 fully saturated rings. The van der Waals surface area contributed by atoms with Crippen molar-refractivity contribution < 1.29 is 9.59 Å². The monoisotopic (exact) mass is 224 g/mol. The Morgan fingerprint density at radius 1 is 1.31 bits per heavy atom. The van der Waals surface area contributed by atoms with Gasteiger partial charge in [0.2, 0.25) is 11.8 Å². The summed E-state index contributed by atoms with van der Waals surface area (Å²) in [7, 11) is 0. The molecule has 2 rings (SSSR count). The average molecular weight is 224 g/mol. The van der Waals surface area contributed by atoms with Crippen LogP contribution < -0.4 is 5.32 Å². The number of hydrogen-bond acceptors (Lipinski definition) is 3. The van der Waals surface area contributed by atoms with Gasteiger partial charge in [0.15, 0.2) is 0 Å². The number of piperidine rings is 1. The number of imide groups is 1. The fourth-order valence-corrected chi connectivity index (χ4v) is 2.55. The minimum atomic E-state index is -0.159. The predicted octanol–water partition coefficient (Wildman–Crippen LogP) is 0.914. The summed E-state index contributed by atoms with van der Waals surface area (Å²) in [6, 6.07) is 0.314. The molecule has 0 aliphatic carbocycles. The van der Waals surface area contributed by atoms with E-state index in [0.717, 1.165) is 19.4 Å². The summed E-state index contributed by atoms with van der Waals surface area (Å²) in [6.45, 7) is 5.53. The van der Waals surface area contributed by atoms with Crippen molar-refractivity contribution >= 4 is 11.8 Å². The van der Waals surface area contributed by atoms with E-state index in [-0.39, 0.29) is 17.2 Å². The molecular formula is C12H20N2O2. The van der Waals surface area contributed by atoms with E-state index in [2.05, 4.69) is 5.32 Å². The fraction of sp³-hybridized carbons (Fsp3) is 0.833. The largest absolute Gasteiger partial charge is 0.312 e. The highest BCUT2D eigenvalue weighted by atomic mass is 16.2. The topological polar surface area (TPSA) is 49.4 Å². The molecule has 0 aromatic heterocycles. The number of nitrogens with one attached hydrogen (secondary N) is 1. The minimum Gasteiger partial charge on any atom is -0.312 e. The number of amides is 2. The standard InChI is InChI=1S/C12H20N2O2/c1-12(2)6-10(15)14(11(16)7-12)8-9-4-3-5-13-9/h9,13H,3-8H2,1-2H3/t9-/m1/s1. The van der Waals surface area contributed by atoms with E-state index in [1.54, 1.807) is 0 Å². The zero-order valence-corrected chi connectivity index (χ0v) is 10.1. The maximum Gasteiger partial charge on any atom is 0.229 e. The van der Waals surface area contributed by atoms with Crippen LogP contribution >= 0.6 is 0 Å². The van der Waals surface area contributed by atoms with Gasteiger partial charge in [0.25, 0.3) is 0 Å². The number of hydrogen-bond donors (Lipinski definition) is 1. The van der Waals surface area contributed by atoms with Crippen molar-refractivity contribution in [1.82, 2.24) is 10.2 Å². The molecule has 0 bridgehead atoms. The highest BCUT2D eigenvalue weighted by Crippen LogP contribution is 2.31. The van der Waals surface area contributed by atoms with Crippen LogP contribution in [0.4, 0.5) is 0 Å². The van der Waals surface area contributed by atoms with Crippen molar-refractivity contribution in [3.05, 3.63) is 0 Å². The molecule has 0 saturated carbocycles. The second kappa shape index (κ2) is 4.17. The normalized spacial score (nSPS) is 29.9. The number of carbonyl (C=O) groups excluding carboxylic acids is 2. The Morgan fingerprint density at radius 3 is 2.44 bits per heavy atom. The van der Waals surface area contributed by atoms with Crippen molar-refractivity contribution in [2.75, 3.05) is 13.1 Å². The first-order valence-corrected chi connectivity index (χ1v) is 6.04. The van der Waals surface area contributed by atoms with Gasteiger partial charge in [-0.15, -0.1) is 0 Å². The van der Waals surface area contributed by atoms with Gasteiger partial charge in [0, 0.05) is 25.4 Å². The van der Waals surface area contributed by atoms with Crippen LogP contribution in [0.1, 0.15) is 39.5 Å². The molecule has 2 heterocycles. The molecule has 4 heteroatoms. The summed E-state index contributed by atoms with van der Waals surface area (Å²) in [4.78, 5) is 25.2. The van der Waals surface area contributed by atoms with Crippen LogP contribution in [0.2, 0.25) is 0 Å². The van der Waals surface area contributed by atoms with Crippen molar-refractivity contribution in [1.29, 1.82) is 0 Å². The predicted molar refractivity (Wildman–Crippen MR) is 60.8 cm³/mol. The third-order valence-corrected chi connectivity index (χ3v) is 3.43. The summed E-state index contributed by atoms with van der Waals surface area (Å²) < 4.78 is 0. The Hall–Kier alpha value is -0.900. The van der Waals surface area contributed by atoms with E-state index >= 15 is 0 Å². The summed E-state index contributed by atoms with van der Waals surface area (Å²) in [5, 5.41) is 3.32. The Kier molecular flexibility index (Phi) is 3.02. The number of likely N-dealkylation sites (tertiary alicyclic amines) is 1. The molecule has 0 unspecified atom stereocenters. The van der Waals surface area contributed by atoms with Gasteiger partial charge in [-0.3, -0.25) is 14.5 Å². The second-order valence-electron chi connectivity index (χ2n) is 5.71. The molecule has 2 aliphatic rings. The maximum atomic E-state index is 11.9. The van der Waals surface area contributed by atoms with Crippen LogP contribution in [0.3, 0.4) is 0 Å². The van der Waals surface area contributed by atoms with E-state index in [9.17, 15) is 9.59 Å². The summed E-state index contributed by atoms with van der Waals surface area (Å²) in [5.74, 6) is -0.00935. The first-order chi connectivity index (χ1) is 7.48. The molecule has 0 aromatic rings. The van der Waals surface area contributed by atoms with Crippen molar-refractivity contribution in [3.8, 4) is 0 Å². The highest BCUT2D eigenvalue weighted by molar-refractivity contribution is 5.98. The molecule has 2 amide bonds. The molecule has 0 spiro atoms. The van der Waals surface area contributed by atoms with Gasteiger partial charge in [0.05, 0.1) is 0 Å². The van der Waals surface area contributed by atoms with Gasteiger partial charge in [-0.1, -0.05) is 13.8 Å². The first kappa shape index (κ1) is 11.6. The zero-order valence-electron chi connectivity index (χ0n) is 10.1. The lowest BCUT2D eigenvalue weighted by Crippen LogP contribution is -2.50. The third-order valence-electron chi connectivity index (χ3n) is 3.43. The smallest absolute Gasteiger partial charge is 0.229 e. The molecular weight excluding hydrogens is 204 g/mol. The van der Waals surface area contributed by atoms with Gasteiger partial charge in [-0.2, -0.15) is 0 Å².